The summed E-state index contributed by atoms with van der Waals surface area (Å²) in [6.45, 7) is 2.00. The summed E-state index contributed by atoms with van der Waals surface area (Å²) in [6.07, 6.45) is 3.35. The molecule has 1 fully saturated rings. The lowest BCUT2D eigenvalue weighted by Crippen LogP contribution is -2.35. The Hall–Kier alpha value is -3.98. The van der Waals surface area contributed by atoms with Crippen molar-refractivity contribution in [2.24, 2.45) is 5.73 Å². The summed E-state index contributed by atoms with van der Waals surface area (Å²) >= 11 is 0. The van der Waals surface area contributed by atoms with Gasteiger partial charge >= 0.3 is 0 Å². The van der Waals surface area contributed by atoms with Crippen LogP contribution in [0.4, 0.5) is 23.1 Å². The van der Waals surface area contributed by atoms with E-state index in [9.17, 15) is 9.59 Å². The number of nitrogens with two attached hydrogens (primary N) is 1. The summed E-state index contributed by atoms with van der Waals surface area (Å²) in [5, 5.41) is 6.42. The zero-order valence-electron chi connectivity index (χ0n) is 19.2. The van der Waals surface area contributed by atoms with Crippen LogP contribution in [-0.2, 0) is 9.53 Å². The van der Waals surface area contributed by atoms with Crippen molar-refractivity contribution >= 4 is 35.0 Å². The van der Waals surface area contributed by atoms with E-state index in [1.54, 1.807) is 4.90 Å². The lowest BCUT2D eigenvalue weighted by Gasteiger charge is -2.23. The van der Waals surface area contributed by atoms with Gasteiger partial charge in [-0.3, -0.25) is 9.59 Å². The highest BCUT2D eigenvalue weighted by molar-refractivity contribution is 5.97. The van der Waals surface area contributed by atoms with Crippen molar-refractivity contribution in [2.75, 3.05) is 29.3 Å². The van der Waals surface area contributed by atoms with Crippen molar-refractivity contribution in [1.82, 2.24) is 9.97 Å². The fraction of sp³-hybridized carbons (Fsp3) is 0.280. The van der Waals surface area contributed by atoms with Crippen LogP contribution in [0.1, 0.15) is 41.7 Å². The Kier molecular flexibility index (Phi) is 7.03. The molecule has 0 saturated heterocycles. The third-order valence-corrected chi connectivity index (χ3v) is 5.54. The van der Waals surface area contributed by atoms with E-state index in [0.717, 1.165) is 24.1 Å². The molecule has 2 aromatic carbocycles. The van der Waals surface area contributed by atoms with Crippen LogP contribution < -0.4 is 21.3 Å². The van der Waals surface area contributed by atoms with Crippen LogP contribution in [0.25, 0.3) is 0 Å². The van der Waals surface area contributed by atoms with Gasteiger partial charge in [0.15, 0.2) is 0 Å². The zero-order chi connectivity index (χ0) is 24.1. The van der Waals surface area contributed by atoms with Gasteiger partial charge in [0.05, 0.1) is 5.56 Å². The molecule has 9 nitrogen and oxygen atoms in total. The number of primary amides is 1. The normalized spacial score (nSPS) is 13.7. The Morgan fingerprint density at radius 1 is 1.18 bits per heavy atom. The first kappa shape index (κ1) is 23.2. The number of rotatable bonds is 10. The van der Waals surface area contributed by atoms with E-state index in [0.29, 0.717) is 17.5 Å². The molecule has 1 unspecified atom stereocenters. The van der Waals surface area contributed by atoms with Gasteiger partial charge in [-0.25, -0.2) is 4.98 Å². The highest BCUT2D eigenvalue weighted by Crippen LogP contribution is 2.33. The number of anilines is 4. The Bertz CT molecular complexity index is 1170. The summed E-state index contributed by atoms with van der Waals surface area (Å²) in [5.41, 5.74) is 8.27. The predicted molar refractivity (Wildman–Crippen MR) is 131 cm³/mol. The number of ether oxygens (including phenoxy) is 1. The second kappa shape index (κ2) is 10.3. The molecule has 176 valence electrons. The molecular weight excluding hydrogens is 432 g/mol. The van der Waals surface area contributed by atoms with E-state index < -0.39 is 5.91 Å². The first-order chi connectivity index (χ1) is 16.5. The Balaban J connectivity index is 1.57. The monoisotopic (exact) mass is 460 g/mol. The van der Waals surface area contributed by atoms with Crippen molar-refractivity contribution in [1.29, 1.82) is 0 Å². The van der Waals surface area contributed by atoms with Gasteiger partial charge in [-0.05, 0) is 43.5 Å². The van der Waals surface area contributed by atoms with Gasteiger partial charge in [0.1, 0.15) is 12.4 Å². The van der Waals surface area contributed by atoms with Gasteiger partial charge in [-0.2, -0.15) is 4.98 Å². The molecule has 0 aliphatic heterocycles. The van der Waals surface area contributed by atoms with E-state index in [2.05, 4.69) is 20.6 Å². The molecule has 1 saturated carbocycles. The topological polar surface area (TPSA) is 122 Å². The minimum absolute atomic E-state index is 0.0282. The molecule has 4 N–H and O–H groups in total. The molecule has 1 aliphatic carbocycles. The van der Waals surface area contributed by atoms with E-state index in [4.69, 9.17) is 10.5 Å². The Morgan fingerprint density at radius 3 is 2.62 bits per heavy atom. The SMILES string of the molecule is COCC(=O)N(c1cccc(Nc2ncc(C(N)=O)c(NC(C)c3ccccc3)n2)c1)C1CC1. The number of hydrogen-bond acceptors (Lipinski definition) is 7. The van der Waals surface area contributed by atoms with Crippen LogP contribution in [0.5, 0.6) is 0 Å². The quantitative estimate of drug-likeness (QED) is 0.422. The lowest BCUT2D eigenvalue weighted by molar-refractivity contribution is -0.122. The maximum absolute atomic E-state index is 12.6. The van der Waals surface area contributed by atoms with Crippen LogP contribution >= 0.6 is 0 Å². The number of hydrogen-bond donors (Lipinski definition) is 3. The van der Waals surface area contributed by atoms with Crippen LogP contribution in [0.3, 0.4) is 0 Å². The molecule has 34 heavy (non-hydrogen) atoms. The van der Waals surface area contributed by atoms with Crippen LogP contribution in [0.15, 0.2) is 60.8 Å². The fourth-order valence-corrected chi connectivity index (χ4v) is 3.71. The fourth-order valence-electron chi connectivity index (χ4n) is 3.71. The third kappa shape index (κ3) is 5.49. The summed E-state index contributed by atoms with van der Waals surface area (Å²) in [5.74, 6) is -0.0582. The summed E-state index contributed by atoms with van der Waals surface area (Å²) in [4.78, 5) is 35.1. The molecule has 0 spiro atoms. The summed E-state index contributed by atoms with van der Waals surface area (Å²) in [7, 11) is 1.51. The smallest absolute Gasteiger partial charge is 0.254 e. The largest absolute Gasteiger partial charge is 0.375 e. The number of benzene rings is 2. The van der Waals surface area contributed by atoms with Crippen molar-refractivity contribution in [3.05, 3.63) is 71.9 Å². The average molecular weight is 461 g/mol. The Labute approximate surface area is 198 Å². The van der Waals surface area contributed by atoms with Gasteiger partial charge in [-0.1, -0.05) is 36.4 Å². The number of amides is 2. The van der Waals surface area contributed by atoms with Crippen molar-refractivity contribution < 1.29 is 14.3 Å². The molecule has 2 amide bonds. The molecule has 1 heterocycles. The maximum Gasteiger partial charge on any atom is 0.254 e. The first-order valence-electron chi connectivity index (χ1n) is 11.1. The molecule has 4 rings (SSSR count). The molecule has 1 aliphatic rings. The van der Waals surface area contributed by atoms with E-state index >= 15 is 0 Å². The van der Waals surface area contributed by atoms with Crippen molar-refractivity contribution in [2.45, 2.75) is 31.8 Å². The standard InChI is InChI=1S/C25H28N6O3/c1-16(17-7-4-3-5-8-17)28-24-21(23(26)33)14-27-25(30-24)29-18-9-6-10-20(13-18)31(19-11-12-19)22(32)15-34-2/h3-10,13-14,16,19H,11-12,15H2,1-2H3,(H2,26,33)(H2,27,28,29,30). The first-order valence-corrected chi connectivity index (χ1v) is 11.1. The molecular formula is C25H28N6O3. The van der Waals surface area contributed by atoms with Gasteiger partial charge < -0.3 is 26.0 Å². The summed E-state index contributed by atoms with van der Waals surface area (Å²) in [6, 6.07) is 17.4. The minimum Gasteiger partial charge on any atom is -0.375 e. The lowest BCUT2D eigenvalue weighted by atomic mass is 10.1. The second-order valence-corrected chi connectivity index (χ2v) is 8.20. The van der Waals surface area contributed by atoms with Gasteiger partial charge in [-0.15, -0.1) is 0 Å². The molecule has 9 heteroatoms. The minimum atomic E-state index is -0.618. The number of nitrogens with zero attached hydrogens (tertiary/aromatic N) is 3. The number of carbonyl (C=O) groups is 2. The number of aromatic nitrogens is 2. The van der Waals surface area contributed by atoms with E-state index in [-0.39, 0.29) is 30.2 Å². The number of methoxy groups -OCH3 is 1. The van der Waals surface area contributed by atoms with Crippen LogP contribution in [0.2, 0.25) is 0 Å². The number of nitrogens with one attached hydrogen (secondary N) is 2. The Morgan fingerprint density at radius 2 is 1.94 bits per heavy atom. The van der Waals surface area contributed by atoms with E-state index in [1.165, 1.54) is 13.3 Å². The van der Waals surface area contributed by atoms with Gasteiger partial charge in [0, 0.05) is 36.8 Å². The third-order valence-electron chi connectivity index (χ3n) is 5.54. The zero-order valence-corrected chi connectivity index (χ0v) is 19.2. The highest BCUT2D eigenvalue weighted by atomic mass is 16.5. The molecule has 3 aromatic rings. The van der Waals surface area contributed by atoms with Crippen molar-refractivity contribution in [3.8, 4) is 0 Å². The van der Waals surface area contributed by atoms with Crippen molar-refractivity contribution in [3.63, 3.8) is 0 Å². The van der Waals surface area contributed by atoms with E-state index in [1.807, 2.05) is 61.5 Å². The second-order valence-electron chi connectivity index (χ2n) is 8.20. The van der Waals surface area contributed by atoms with Crippen LogP contribution in [0, 0.1) is 0 Å². The molecule has 1 atom stereocenters. The molecule has 0 bridgehead atoms. The maximum atomic E-state index is 12.6. The molecule has 1 aromatic heterocycles. The number of carbonyl (C=O) groups excluding carboxylic acids is 2. The van der Waals surface area contributed by atoms with Gasteiger partial charge in [0.2, 0.25) is 5.95 Å². The van der Waals surface area contributed by atoms with Gasteiger partial charge in [0.25, 0.3) is 11.8 Å². The average Bonchev–Trinajstić information content (AvgIpc) is 3.65. The summed E-state index contributed by atoms with van der Waals surface area (Å²) < 4.78 is 5.05. The predicted octanol–water partition coefficient (Wildman–Crippen LogP) is 3.63. The molecule has 0 radical (unpaired) electrons. The van der Waals surface area contributed by atoms with Crippen LogP contribution in [-0.4, -0.2) is 41.5 Å². The highest BCUT2D eigenvalue weighted by Gasteiger charge is 2.33.